The van der Waals surface area contributed by atoms with E-state index in [-0.39, 0.29) is 11.0 Å². The van der Waals surface area contributed by atoms with E-state index in [9.17, 15) is 10.1 Å². The molecule has 1 aromatic carbocycles. The molecule has 6 nitrogen and oxygen atoms in total. The molecule has 0 unspecified atom stereocenters. The highest BCUT2D eigenvalue weighted by molar-refractivity contribution is 7.13. The number of nitrogens with zero attached hydrogens (tertiary/aromatic N) is 3. The summed E-state index contributed by atoms with van der Waals surface area (Å²) in [6.07, 6.45) is 5.06. The molecule has 0 spiro atoms. The van der Waals surface area contributed by atoms with Gasteiger partial charge in [-0.1, -0.05) is 32.9 Å². The molecular weight excluding hydrogens is 396 g/mol. The van der Waals surface area contributed by atoms with Crippen LogP contribution in [0.5, 0.6) is 5.75 Å². The molecule has 0 aliphatic rings. The third kappa shape index (κ3) is 5.58. The summed E-state index contributed by atoms with van der Waals surface area (Å²) in [5.41, 5.74) is 2.14. The minimum absolute atomic E-state index is 0.0174. The molecule has 154 valence electrons. The summed E-state index contributed by atoms with van der Waals surface area (Å²) in [5, 5.41) is 14.2. The van der Waals surface area contributed by atoms with Crippen molar-refractivity contribution in [3.63, 3.8) is 0 Å². The maximum Gasteiger partial charge on any atom is 0.268 e. The van der Waals surface area contributed by atoms with Gasteiger partial charge in [-0.05, 0) is 41.3 Å². The van der Waals surface area contributed by atoms with Gasteiger partial charge in [0.2, 0.25) is 0 Å². The topological polar surface area (TPSA) is 79.9 Å². The maximum absolute atomic E-state index is 12.3. The first-order valence-electron chi connectivity index (χ1n) is 9.58. The second-order valence-electron chi connectivity index (χ2n) is 7.71. The Morgan fingerprint density at radius 1 is 1.30 bits per heavy atom. The van der Waals surface area contributed by atoms with Gasteiger partial charge in [0.1, 0.15) is 24.0 Å². The minimum Gasteiger partial charge on any atom is -0.492 e. The lowest BCUT2D eigenvalue weighted by atomic mass is 9.87. The monoisotopic (exact) mass is 420 g/mol. The van der Waals surface area contributed by atoms with Crippen LogP contribution in [0.15, 0.2) is 59.7 Å². The Labute approximate surface area is 180 Å². The summed E-state index contributed by atoms with van der Waals surface area (Å²) in [5.74, 6) is 0.336. The Kier molecular flexibility index (Phi) is 6.70. The van der Waals surface area contributed by atoms with Crippen molar-refractivity contribution in [1.82, 2.24) is 9.55 Å². The lowest BCUT2D eigenvalue weighted by Gasteiger charge is -2.19. The number of rotatable bonds is 7. The van der Waals surface area contributed by atoms with Crippen LogP contribution in [0.4, 0.5) is 5.13 Å². The molecule has 0 radical (unpaired) electrons. The van der Waals surface area contributed by atoms with Gasteiger partial charge >= 0.3 is 0 Å². The molecule has 1 N–H and O–H groups in total. The van der Waals surface area contributed by atoms with E-state index in [4.69, 9.17) is 4.74 Å². The molecule has 30 heavy (non-hydrogen) atoms. The van der Waals surface area contributed by atoms with Gasteiger partial charge < -0.3 is 9.30 Å². The van der Waals surface area contributed by atoms with Gasteiger partial charge in [-0.2, -0.15) is 5.26 Å². The Morgan fingerprint density at radius 2 is 2.07 bits per heavy atom. The SMILES string of the molecule is CC(C)(C)c1ccc(OCCn2cccc2/C=C(/C#N)C(=O)Nc2nccs2)cc1. The molecule has 3 aromatic rings. The summed E-state index contributed by atoms with van der Waals surface area (Å²) in [6.45, 7) is 7.59. The molecule has 7 heteroatoms. The van der Waals surface area contributed by atoms with Crippen molar-refractivity contribution in [2.45, 2.75) is 32.7 Å². The first-order chi connectivity index (χ1) is 14.4. The van der Waals surface area contributed by atoms with Gasteiger partial charge in [-0.25, -0.2) is 4.98 Å². The second kappa shape index (κ2) is 9.42. The predicted octanol–water partition coefficient (Wildman–Crippen LogP) is 4.87. The summed E-state index contributed by atoms with van der Waals surface area (Å²) < 4.78 is 7.80. The fourth-order valence-corrected chi connectivity index (χ4v) is 3.35. The van der Waals surface area contributed by atoms with Crippen LogP contribution in [-0.4, -0.2) is 22.1 Å². The third-order valence-electron chi connectivity index (χ3n) is 4.50. The Morgan fingerprint density at radius 3 is 2.70 bits per heavy atom. The Hall–Kier alpha value is -3.37. The number of hydrogen-bond donors (Lipinski definition) is 1. The van der Waals surface area contributed by atoms with Crippen LogP contribution in [0, 0.1) is 11.3 Å². The van der Waals surface area contributed by atoms with Crippen molar-refractivity contribution in [2.75, 3.05) is 11.9 Å². The normalized spacial score (nSPS) is 11.7. The summed E-state index contributed by atoms with van der Waals surface area (Å²) in [6, 6.07) is 13.8. The highest BCUT2D eigenvalue weighted by atomic mass is 32.1. The van der Waals surface area contributed by atoms with Crippen LogP contribution >= 0.6 is 11.3 Å². The van der Waals surface area contributed by atoms with Crippen molar-refractivity contribution in [3.05, 3.63) is 71.0 Å². The van der Waals surface area contributed by atoms with Gasteiger partial charge in [0.15, 0.2) is 5.13 Å². The van der Waals surface area contributed by atoms with Gasteiger partial charge in [-0.3, -0.25) is 10.1 Å². The van der Waals surface area contributed by atoms with Gasteiger partial charge in [0.25, 0.3) is 5.91 Å². The van der Waals surface area contributed by atoms with Gasteiger partial charge in [0.05, 0.1) is 6.54 Å². The predicted molar refractivity (Wildman–Crippen MR) is 119 cm³/mol. The molecule has 3 rings (SSSR count). The molecule has 0 bridgehead atoms. The minimum atomic E-state index is -0.476. The first-order valence-corrected chi connectivity index (χ1v) is 10.5. The smallest absolute Gasteiger partial charge is 0.268 e. The molecule has 0 aliphatic carbocycles. The fourth-order valence-electron chi connectivity index (χ4n) is 2.82. The van der Waals surface area contributed by atoms with E-state index in [1.54, 1.807) is 17.7 Å². The number of hydrogen-bond acceptors (Lipinski definition) is 5. The summed E-state index contributed by atoms with van der Waals surface area (Å²) in [4.78, 5) is 16.3. The van der Waals surface area contributed by atoms with E-state index in [2.05, 4.69) is 43.2 Å². The molecule has 0 aliphatic heterocycles. The fraction of sp³-hybridized carbons (Fsp3) is 0.261. The van der Waals surface area contributed by atoms with Gasteiger partial charge in [0, 0.05) is 23.5 Å². The standard InChI is InChI=1S/C23H24N4O2S/c1-23(2,3)18-6-8-20(9-7-18)29-13-12-27-11-4-5-19(27)15-17(16-24)21(28)26-22-25-10-14-30-22/h4-11,14-15H,12-13H2,1-3H3,(H,25,26,28)/b17-15-. The van der Waals surface area contributed by atoms with Crippen molar-refractivity contribution < 1.29 is 9.53 Å². The number of nitrogens with one attached hydrogen (secondary N) is 1. The number of aromatic nitrogens is 2. The lowest BCUT2D eigenvalue weighted by molar-refractivity contribution is -0.112. The average Bonchev–Trinajstić information content (AvgIpc) is 3.38. The van der Waals surface area contributed by atoms with Crippen molar-refractivity contribution >= 4 is 28.5 Å². The van der Waals surface area contributed by atoms with Crippen molar-refractivity contribution in [1.29, 1.82) is 5.26 Å². The van der Waals surface area contributed by atoms with E-state index in [0.29, 0.717) is 18.3 Å². The number of carbonyl (C=O) groups is 1. The summed E-state index contributed by atoms with van der Waals surface area (Å²) >= 11 is 1.30. The van der Waals surface area contributed by atoms with Gasteiger partial charge in [-0.15, -0.1) is 11.3 Å². The van der Waals surface area contributed by atoms with Crippen LogP contribution in [0.3, 0.4) is 0 Å². The number of carbonyl (C=O) groups excluding carboxylic acids is 1. The van der Waals surface area contributed by atoms with E-state index in [0.717, 1.165) is 11.4 Å². The van der Waals surface area contributed by atoms with E-state index in [1.807, 2.05) is 41.1 Å². The number of anilines is 1. The second-order valence-corrected chi connectivity index (χ2v) is 8.61. The molecule has 0 fully saturated rings. The molecular formula is C23H24N4O2S. The van der Waals surface area contributed by atoms with Crippen molar-refractivity contribution in [3.8, 4) is 11.8 Å². The average molecular weight is 421 g/mol. The Balaban J connectivity index is 1.61. The van der Waals surface area contributed by atoms with Crippen molar-refractivity contribution in [2.24, 2.45) is 0 Å². The number of ether oxygens (including phenoxy) is 1. The highest BCUT2D eigenvalue weighted by Gasteiger charge is 2.13. The third-order valence-corrected chi connectivity index (χ3v) is 5.18. The van der Waals surface area contributed by atoms with E-state index < -0.39 is 5.91 Å². The number of amides is 1. The number of nitriles is 1. The van der Waals surface area contributed by atoms with Crippen LogP contribution in [0.1, 0.15) is 32.0 Å². The highest BCUT2D eigenvalue weighted by Crippen LogP contribution is 2.24. The Bertz CT molecular complexity index is 1050. The van der Waals surface area contributed by atoms with Crippen LogP contribution in [0.2, 0.25) is 0 Å². The zero-order chi connectivity index (χ0) is 21.6. The quantitative estimate of drug-likeness (QED) is 0.437. The van der Waals surface area contributed by atoms with Crippen LogP contribution < -0.4 is 10.1 Å². The largest absolute Gasteiger partial charge is 0.492 e. The number of benzene rings is 1. The summed E-state index contributed by atoms with van der Waals surface area (Å²) in [7, 11) is 0. The molecule has 1 amide bonds. The molecule has 2 aromatic heterocycles. The lowest BCUT2D eigenvalue weighted by Crippen LogP contribution is -2.14. The zero-order valence-corrected chi connectivity index (χ0v) is 18.1. The molecule has 0 saturated heterocycles. The first kappa shape index (κ1) is 21.3. The van der Waals surface area contributed by atoms with Crippen LogP contribution in [-0.2, 0) is 16.8 Å². The van der Waals surface area contributed by atoms with Crippen LogP contribution in [0.25, 0.3) is 6.08 Å². The molecule has 2 heterocycles. The van der Waals surface area contributed by atoms with E-state index in [1.165, 1.54) is 16.9 Å². The number of thiazole rings is 1. The molecule has 0 saturated carbocycles. The molecule has 0 atom stereocenters. The zero-order valence-electron chi connectivity index (χ0n) is 17.3. The van der Waals surface area contributed by atoms with E-state index >= 15 is 0 Å². The maximum atomic E-state index is 12.3.